The van der Waals surface area contributed by atoms with Gasteiger partial charge in [0.2, 0.25) is 11.2 Å². The van der Waals surface area contributed by atoms with Crippen LogP contribution < -0.4 is 10.2 Å². The number of hydrogen-bond acceptors (Lipinski definition) is 3. The number of carboxylic acid groups (broad SMARTS) is 1. The van der Waals surface area contributed by atoms with E-state index < -0.39 is 63.5 Å². The standard InChI is InChI=1S/C13H7F4NO4.B/c1-3-12(17)22-11-8(16)7(15)6(14)5-9(11)18(3)2-4(10(5)19)13(20)21;/h2-3,12H,1H3,(H,20,21);/t3-,12?;/m0./s1. The van der Waals surface area contributed by atoms with Crippen molar-refractivity contribution < 1.29 is 32.2 Å². The largest absolute Gasteiger partial charge is 0.477 e. The first-order valence-corrected chi connectivity index (χ1v) is 6.05. The molecule has 3 radical (unpaired) electrons. The smallest absolute Gasteiger partial charge is 0.341 e. The predicted octanol–water partition coefficient (Wildman–Crippen LogP) is 1.99. The lowest BCUT2D eigenvalue weighted by Crippen LogP contribution is -2.32. The minimum Gasteiger partial charge on any atom is -0.477 e. The Labute approximate surface area is 127 Å². The zero-order valence-corrected chi connectivity index (χ0v) is 11.4. The van der Waals surface area contributed by atoms with E-state index in [2.05, 4.69) is 4.74 Å². The van der Waals surface area contributed by atoms with Gasteiger partial charge in [-0.3, -0.25) is 4.79 Å². The molecule has 0 saturated carbocycles. The van der Waals surface area contributed by atoms with E-state index in [1.165, 1.54) is 6.92 Å². The molecule has 3 rings (SSSR count). The van der Waals surface area contributed by atoms with E-state index in [4.69, 9.17) is 5.11 Å². The Bertz CT molecular complexity index is 898. The lowest BCUT2D eigenvalue weighted by atomic mass is 10.1. The molecule has 2 atom stereocenters. The number of carbonyl (C=O) groups is 1. The fourth-order valence-corrected chi connectivity index (χ4v) is 2.40. The monoisotopic (exact) mass is 328 g/mol. The van der Waals surface area contributed by atoms with Crippen LogP contribution in [0.1, 0.15) is 23.3 Å². The molecule has 1 aromatic carbocycles. The van der Waals surface area contributed by atoms with Crippen LogP contribution in [0.15, 0.2) is 11.0 Å². The van der Waals surface area contributed by atoms with Crippen molar-refractivity contribution in [3.8, 4) is 5.75 Å². The molecular formula is C13H7BF4NO4. The van der Waals surface area contributed by atoms with E-state index in [9.17, 15) is 27.2 Å². The second-order valence-corrected chi connectivity index (χ2v) is 4.79. The molecule has 0 fully saturated rings. The van der Waals surface area contributed by atoms with Gasteiger partial charge in [0.15, 0.2) is 17.4 Å². The zero-order valence-electron chi connectivity index (χ0n) is 11.4. The summed E-state index contributed by atoms with van der Waals surface area (Å²) in [5.74, 6) is -8.32. The lowest BCUT2D eigenvalue weighted by molar-refractivity contribution is 0.0124. The summed E-state index contributed by atoms with van der Waals surface area (Å²) >= 11 is 0. The zero-order chi connectivity index (χ0) is 16.3. The summed E-state index contributed by atoms with van der Waals surface area (Å²) in [5, 5.41) is 7.98. The van der Waals surface area contributed by atoms with Crippen molar-refractivity contribution in [1.82, 2.24) is 4.57 Å². The van der Waals surface area contributed by atoms with Gasteiger partial charge in [-0.15, -0.1) is 0 Å². The second-order valence-electron chi connectivity index (χ2n) is 4.79. The van der Waals surface area contributed by atoms with E-state index in [0.717, 1.165) is 10.8 Å². The SMILES string of the molecule is C[C@H]1C(F)Oc2c(F)c(F)c(F)c3c(=O)c(C(=O)O)cn1c23.[B]. The average Bonchev–Trinajstić information content (AvgIpc) is 2.46. The molecule has 1 aliphatic heterocycles. The molecule has 0 aliphatic carbocycles. The van der Waals surface area contributed by atoms with Crippen molar-refractivity contribution in [2.24, 2.45) is 0 Å². The maximum atomic E-state index is 13.9. The summed E-state index contributed by atoms with van der Waals surface area (Å²) in [6.07, 6.45) is -1.37. The maximum absolute atomic E-state index is 13.9. The second kappa shape index (κ2) is 5.29. The van der Waals surface area contributed by atoms with Gasteiger partial charge >= 0.3 is 5.97 Å². The van der Waals surface area contributed by atoms with Crippen molar-refractivity contribution >= 4 is 25.3 Å². The Balaban J connectivity index is 0.00000192. The molecular weight excluding hydrogens is 321 g/mol. The van der Waals surface area contributed by atoms with Crippen LogP contribution in [0.3, 0.4) is 0 Å². The van der Waals surface area contributed by atoms with E-state index in [1.54, 1.807) is 0 Å². The quantitative estimate of drug-likeness (QED) is 0.494. The fraction of sp³-hybridized carbons (Fsp3) is 0.231. The predicted molar refractivity (Wildman–Crippen MR) is 71.0 cm³/mol. The van der Waals surface area contributed by atoms with Gasteiger partial charge in [0.1, 0.15) is 11.1 Å². The Morgan fingerprint density at radius 3 is 2.43 bits per heavy atom. The molecule has 1 N–H and O–H groups in total. The van der Waals surface area contributed by atoms with E-state index in [0.29, 0.717) is 0 Å². The summed E-state index contributed by atoms with van der Waals surface area (Å²) in [6.45, 7) is 1.25. The van der Waals surface area contributed by atoms with Gasteiger partial charge in [-0.1, -0.05) is 0 Å². The summed E-state index contributed by atoms with van der Waals surface area (Å²) in [5.41, 5.74) is -2.75. The Morgan fingerprint density at radius 2 is 1.87 bits per heavy atom. The molecule has 5 nitrogen and oxygen atoms in total. The van der Waals surface area contributed by atoms with Crippen molar-refractivity contribution in [2.45, 2.75) is 19.3 Å². The van der Waals surface area contributed by atoms with Crippen LogP contribution in [0.25, 0.3) is 10.9 Å². The van der Waals surface area contributed by atoms with Crippen LogP contribution >= 0.6 is 0 Å². The average molecular weight is 328 g/mol. The minimum atomic E-state index is -2.13. The van der Waals surface area contributed by atoms with Gasteiger partial charge in [0.25, 0.3) is 6.36 Å². The summed E-state index contributed by atoms with van der Waals surface area (Å²) in [4.78, 5) is 23.1. The van der Waals surface area contributed by atoms with Gasteiger partial charge in [0, 0.05) is 14.6 Å². The van der Waals surface area contributed by atoms with Gasteiger partial charge < -0.3 is 14.4 Å². The van der Waals surface area contributed by atoms with Crippen LogP contribution in [-0.2, 0) is 0 Å². The number of aromatic carboxylic acids is 1. The van der Waals surface area contributed by atoms with Gasteiger partial charge in [-0.2, -0.15) is 8.78 Å². The molecule has 23 heavy (non-hydrogen) atoms. The third kappa shape index (κ3) is 2.08. The molecule has 1 aliphatic rings. The van der Waals surface area contributed by atoms with Crippen LogP contribution in [-0.4, -0.2) is 30.4 Å². The van der Waals surface area contributed by atoms with E-state index in [-0.39, 0.29) is 8.41 Å². The van der Waals surface area contributed by atoms with Crippen LogP contribution in [0, 0.1) is 17.5 Å². The van der Waals surface area contributed by atoms with Crippen LogP contribution in [0.4, 0.5) is 17.6 Å². The molecule has 0 amide bonds. The van der Waals surface area contributed by atoms with Gasteiger partial charge in [0.05, 0.1) is 11.4 Å². The molecule has 1 unspecified atom stereocenters. The van der Waals surface area contributed by atoms with Crippen LogP contribution in [0.2, 0.25) is 0 Å². The number of alkyl halides is 1. The third-order valence-electron chi connectivity index (χ3n) is 3.53. The molecule has 10 heteroatoms. The molecule has 2 aromatic rings. The highest BCUT2D eigenvalue weighted by molar-refractivity contribution is 5.95. The maximum Gasteiger partial charge on any atom is 0.341 e. The Hall–Kier alpha value is -2.52. The first-order valence-electron chi connectivity index (χ1n) is 6.05. The molecule has 119 valence electrons. The number of nitrogens with zero attached hydrogens (tertiary/aromatic N) is 1. The summed E-state index contributed by atoms with van der Waals surface area (Å²) in [6, 6.07) is -1.17. The third-order valence-corrected chi connectivity index (χ3v) is 3.53. The number of halogens is 4. The highest BCUT2D eigenvalue weighted by Crippen LogP contribution is 2.39. The van der Waals surface area contributed by atoms with Gasteiger partial charge in [-0.05, 0) is 6.92 Å². The number of carboxylic acids is 1. The highest BCUT2D eigenvalue weighted by atomic mass is 19.2. The summed E-state index contributed by atoms with van der Waals surface area (Å²) in [7, 11) is 0. The number of pyridine rings is 1. The van der Waals surface area contributed by atoms with Crippen molar-refractivity contribution in [3.05, 3.63) is 39.4 Å². The van der Waals surface area contributed by atoms with Crippen molar-refractivity contribution in [2.75, 3.05) is 0 Å². The van der Waals surface area contributed by atoms with Crippen molar-refractivity contribution in [1.29, 1.82) is 0 Å². The number of rotatable bonds is 1. The molecule has 0 bridgehead atoms. The highest BCUT2D eigenvalue weighted by Gasteiger charge is 2.36. The minimum absolute atomic E-state index is 0. The molecule has 1 aromatic heterocycles. The number of ether oxygens (including phenoxy) is 1. The molecule has 0 saturated heterocycles. The van der Waals surface area contributed by atoms with E-state index >= 15 is 0 Å². The van der Waals surface area contributed by atoms with Crippen molar-refractivity contribution in [3.63, 3.8) is 0 Å². The van der Waals surface area contributed by atoms with Crippen LogP contribution in [0.5, 0.6) is 5.75 Å². The number of hydrogen-bond donors (Lipinski definition) is 1. The first-order chi connectivity index (χ1) is 10.3. The Morgan fingerprint density at radius 1 is 1.26 bits per heavy atom. The van der Waals surface area contributed by atoms with E-state index in [1.807, 2.05) is 0 Å². The molecule has 2 heterocycles. The topological polar surface area (TPSA) is 68.5 Å². The first kappa shape index (κ1) is 16.8. The molecule has 0 spiro atoms. The number of benzene rings is 1. The van der Waals surface area contributed by atoms with Gasteiger partial charge in [-0.25, -0.2) is 13.6 Å². The number of aromatic nitrogens is 1. The normalized spacial score (nSPS) is 19.2. The summed E-state index contributed by atoms with van der Waals surface area (Å²) < 4.78 is 60.5. The fourth-order valence-electron chi connectivity index (χ4n) is 2.40. The lowest BCUT2D eigenvalue weighted by Gasteiger charge is -2.29. The Kier molecular flexibility index (Phi) is 3.87.